The molecule has 1 N–H and O–H groups in total. The van der Waals surface area contributed by atoms with Gasteiger partial charge < -0.3 is 10.1 Å². The van der Waals surface area contributed by atoms with E-state index < -0.39 is 0 Å². The van der Waals surface area contributed by atoms with Crippen LogP contribution in [0.2, 0.25) is 0 Å². The number of nitrogens with zero attached hydrogens (tertiary/aromatic N) is 2. The number of halogens is 1. The van der Waals surface area contributed by atoms with E-state index in [-0.39, 0.29) is 0 Å². The Morgan fingerprint density at radius 3 is 2.79 bits per heavy atom. The van der Waals surface area contributed by atoms with Gasteiger partial charge in [-0.3, -0.25) is 0 Å². The summed E-state index contributed by atoms with van der Waals surface area (Å²) in [5.41, 5.74) is 1.18. The smallest absolute Gasteiger partial charge is 0.130 e. The van der Waals surface area contributed by atoms with Crippen molar-refractivity contribution in [2.75, 3.05) is 19.0 Å². The van der Waals surface area contributed by atoms with Crippen LogP contribution in [0.3, 0.4) is 0 Å². The fourth-order valence-corrected chi connectivity index (χ4v) is 2.33. The maximum atomic E-state index is 5.33. The Morgan fingerprint density at radius 1 is 1.26 bits per heavy atom. The predicted octanol–water partition coefficient (Wildman–Crippen LogP) is 3.21. The summed E-state index contributed by atoms with van der Waals surface area (Å²) in [6.07, 6.45) is 0.880. The highest BCUT2D eigenvalue weighted by Crippen LogP contribution is 2.18. The lowest BCUT2D eigenvalue weighted by atomic mass is 10.1. The van der Waals surface area contributed by atoms with Gasteiger partial charge in [-0.25, -0.2) is 9.97 Å². The van der Waals surface area contributed by atoms with Gasteiger partial charge in [0.2, 0.25) is 0 Å². The summed E-state index contributed by atoms with van der Waals surface area (Å²) in [7, 11) is 1.69. The second kappa shape index (κ2) is 6.52. The summed E-state index contributed by atoms with van der Waals surface area (Å²) in [4.78, 5) is 8.50. The number of ether oxygens (including phenoxy) is 1. The SMILES string of the molecule is COc1ccccc1CCNc1cc(Br)nc(C)n1. The average Bonchev–Trinajstić information content (AvgIpc) is 2.38. The minimum atomic E-state index is 0.745. The molecule has 0 aliphatic rings. The van der Waals surface area contributed by atoms with Gasteiger partial charge in [-0.05, 0) is 40.9 Å². The minimum absolute atomic E-state index is 0.745. The van der Waals surface area contributed by atoms with Gasteiger partial charge in [-0.1, -0.05) is 18.2 Å². The van der Waals surface area contributed by atoms with Crippen molar-refractivity contribution < 1.29 is 4.74 Å². The molecule has 0 spiro atoms. The molecule has 0 saturated heterocycles. The molecule has 0 saturated carbocycles. The van der Waals surface area contributed by atoms with Crippen LogP contribution in [0, 0.1) is 6.92 Å². The molecule has 1 heterocycles. The van der Waals surface area contributed by atoms with E-state index in [0.29, 0.717) is 0 Å². The number of para-hydroxylation sites is 1. The van der Waals surface area contributed by atoms with Crippen molar-refractivity contribution in [2.45, 2.75) is 13.3 Å². The van der Waals surface area contributed by atoms with Crippen LogP contribution in [0.4, 0.5) is 5.82 Å². The molecule has 100 valence electrons. The maximum absolute atomic E-state index is 5.33. The van der Waals surface area contributed by atoms with Crippen LogP contribution in [0.5, 0.6) is 5.75 Å². The van der Waals surface area contributed by atoms with Crippen molar-refractivity contribution >= 4 is 21.7 Å². The molecular weight excluding hydrogens is 306 g/mol. The van der Waals surface area contributed by atoms with Gasteiger partial charge in [0.25, 0.3) is 0 Å². The molecule has 0 radical (unpaired) electrons. The number of hydrogen-bond acceptors (Lipinski definition) is 4. The summed E-state index contributed by atoms with van der Waals surface area (Å²) in [6.45, 7) is 2.67. The van der Waals surface area contributed by atoms with E-state index in [1.165, 1.54) is 5.56 Å². The molecule has 0 fully saturated rings. The van der Waals surface area contributed by atoms with E-state index in [1.54, 1.807) is 7.11 Å². The van der Waals surface area contributed by atoms with Gasteiger partial charge in [0, 0.05) is 12.6 Å². The Bertz CT molecular complexity index is 540. The van der Waals surface area contributed by atoms with E-state index in [0.717, 1.165) is 35.0 Å². The zero-order valence-corrected chi connectivity index (χ0v) is 12.6. The molecular formula is C14H16BrN3O. The molecule has 4 nitrogen and oxygen atoms in total. The van der Waals surface area contributed by atoms with Gasteiger partial charge in [0.1, 0.15) is 22.0 Å². The Hall–Kier alpha value is -1.62. The summed E-state index contributed by atoms with van der Waals surface area (Å²) in [5.74, 6) is 2.49. The van der Waals surface area contributed by atoms with Crippen LogP contribution in [-0.2, 0) is 6.42 Å². The predicted molar refractivity (Wildman–Crippen MR) is 79.7 cm³/mol. The number of rotatable bonds is 5. The Morgan fingerprint density at radius 2 is 2.05 bits per heavy atom. The highest BCUT2D eigenvalue weighted by atomic mass is 79.9. The van der Waals surface area contributed by atoms with Crippen LogP contribution < -0.4 is 10.1 Å². The maximum Gasteiger partial charge on any atom is 0.130 e. The van der Waals surface area contributed by atoms with Crippen molar-refractivity contribution in [3.05, 3.63) is 46.3 Å². The second-order valence-electron chi connectivity index (χ2n) is 4.11. The first-order valence-corrected chi connectivity index (χ1v) is 6.85. The van der Waals surface area contributed by atoms with E-state index in [9.17, 15) is 0 Å². The number of benzene rings is 1. The van der Waals surface area contributed by atoms with Gasteiger partial charge in [-0.2, -0.15) is 0 Å². The lowest BCUT2D eigenvalue weighted by Crippen LogP contribution is -2.08. The van der Waals surface area contributed by atoms with E-state index in [1.807, 2.05) is 31.2 Å². The number of methoxy groups -OCH3 is 1. The molecule has 2 aromatic rings. The molecule has 0 atom stereocenters. The summed E-state index contributed by atoms with van der Waals surface area (Å²) < 4.78 is 6.12. The Kier molecular flexibility index (Phi) is 4.74. The number of aryl methyl sites for hydroxylation is 1. The molecule has 1 aromatic carbocycles. The molecule has 0 aliphatic heterocycles. The quantitative estimate of drug-likeness (QED) is 0.859. The molecule has 0 bridgehead atoms. The lowest BCUT2D eigenvalue weighted by Gasteiger charge is -2.09. The Balaban J connectivity index is 1.96. The van der Waals surface area contributed by atoms with Gasteiger partial charge >= 0.3 is 0 Å². The zero-order valence-electron chi connectivity index (χ0n) is 11.0. The molecule has 5 heteroatoms. The first-order chi connectivity index (χ1) is 9.19. The molecule has 19 heavy (non-hydrogen) atoms. The largest absolute Gasteiger partial charge is 0.496 e. The summed E-state index contributed by atoms with van der Waals surface area (Å²) in [6, 6.07) is 9.90. The minimum Gasteiger partial charge on any atom is -0.496 e. The fraction of sp³-hybridized carbons (Fsp3) is 0.286. The topological polar surface area (TPSA) is 47.0 Å². The van der Waals surface area contributed by atoms with Gasteiger partial charge in [0.05, 0.1) is 7.11 Å². The molecule has 2 rings (SSSR count). The fourth-order valence-electron chi connectivity index (χ4n) is 1.86. The molecule has 0 aliphatic carbocycles. The van der Waals surface area contributed by atoms with Crippen molar-refractivity contribution in [1.29, 1.82) is 0 Å². The first kappa shape index (κ1) is 13.8. The molecule has 0 amide bonds. The highest BCUT2D eigenvalue weighted by Gasteiger charge is 2.02. The third-order valence-electron chi connectivity index (χ3n) is 2.70. The summed E-state index contributed by atoms with van der Waals surface area (Å²) in [5, 5.41) is 3.29. The van der Waals surface area contributed by atoms with E-state index in [4.69, 9.17) is 4.74 Å². The number of hydrogen-bond donors (Lipinski definition) is 1. The Labute approximate surface area is 121 Å². The number of aromatic nitrogens is 2. The second-order valence-corrected chi connectivity index (χ2v) is 4.92. The first-order valence-electron chi connectivity index (χ1n) is 6.06. The van der Waals surface area contributed by atoms with Crippen LogP contribution in [0.25, 0.3) is 0 Å². The zero-order chi connectivity index (χ0) is 13.7. The van der Waals surface area contributed by atoms with Crippen LogP contribution in [0.1, 0.15) is 11.4 Å². The van der Waals surface area contributed by atoms with Gasteiger partial charge in [-0.15, -0.1) is 0 Å². The van der Waals surface area contributed by atoms with Crippen LogP contribution in [-0.4, -0.2) is 23.6 Å². The number of anilines is 1. The van der Waals surface area contributed by atoms with Crippen LogP contribution >= 0.6 is 15.9 Å². The van der Waals surface area contributed by atoms with Crippen molar-refractivity contribution in [1.82, 2.24) is 9.97 Å². The van der Waals surface area contributed by atoms with Crippen LogP contribution in [0.15, 0.2) is 34.9 Å². The highest BCUT2D eigenvalue weighted by molar-refractivity contribution is 9.10. The average molecular weight is 322 g/mol. The third kappa shape index (κ3) is 3.92. The van der Waals surface area contributed by atoms with Crippen molar-refractivity contribution in [3.63, 3.8) is 0 Å². The van der Waals surface area contributed by atoms with E-state index >= 15 is 0 Å². The molecule has 0 unspecified atom stereocenters. The normalized spacial score (nSPS) is 10.3. The monoisotopic (exact) mass is 321 g/mol. The lowest BCUT2D eigenvalue weighted by molar-refractivity contribution is 0.410. The molecule has 1 aromatic heterocycles. The van der Waals surface area contributed by atoms with E-state index in [2.05, 4.69) is 37.3 Å². The number of nitrogens with one attached hydrogen (secondary N) is 1. The third-order valence-corrected chi connectivity index (χ3v) is 3.11. The van der Waals surface area contributed by atoms with Gasteiger partial charge in [0.15, 0.2) is 0 Å². The van der Waals surface area contributed by atoms with Crippen molar-refractivity contribution in [3.8, 4) is 5.75 Å². The summed E-state index contributed by atoms with van der Waals surface area (Å²) >= 11 is 3.36. The standard InChI is InChI=1S/C14H16BrN3O/c1-10-17-13(15)9-14(18-10)16-8-7-11-5-3-4-6-12(11)19-2/h3-6,9H,7-8H2,1-2H3,(H,16,17,18). The van der Waals surface area contributed by atoms with Crippen molar-refractivity contribution in [2.24, 2.45) is 0 Å².